The molecule has 0 saturated heterocycles. The number of rotatable bonds is 9. The lowest BCUT2D eigenvalue weighted by Crippen LogP contribution is -2.44. The summed E-state index contributed by atoms with van der Waals surface area (Å²) in [6.07, 6.45) is 4.55. The minimum Gasteiger partial charge on any atom is -0.459 e. The number of benzene rings is 2. The van der Waals surface area contributed by atoms with E-state index in [2.05, 4.69) is 28.2 Å². The first kappa shape index (κ1) is 24.7. The number of carbonyl (C=O) groups is 3. The number of nitrogens with zero attached hydrogens (tertiary/aromatic N) is 2. The third-order valence-electron chi connectivity index (χ3n) is 5.34. The molecule has 0 aliphatic rings. The molecule has 0 spiro atoms. The second-order valence-corrected chi connectivity index (χ2v) is 8.11. The van der Waals surface area contributed by atoms with Gasteiger partial charge in [-0.1, -0.05) is 36.4 Å². The lowest BCUT2D eigenvalue weighted by molar-refractivity contribution is -0.122. The molecule has 182 valence electrons. The normalized spacial score (nSPS) is 11.4. The van der Waals surface area contributed by atoms with E-state index >= 15 is 0 Å². The predicted molar refractivity (Wildman–Crippen MR) is 140 cm³/mol. The van der Waals surface area contributed by atoms with Crippen LogP contribution in [0.1, 0.15) is 27.7 Å². The van der Waals surface area contributed by atoms with Gasteiger partial charge in [0.2, 0.25) is 11.8 Å². The zero-order valence-corrected chi connectivity index (χ0v) is 20.1. The van der Waals surface area contributed by atoms with Gasteiger partial charge in [0.1, 0.15) is 6.04 Å². The van der Waals surface area contributed by atoms with Crippen molar-refractivity contribution in [3.63, 3.8) is 0 Å². The molecule has 8 nitrogen and oxygen atoms in total. The summed E-state index contributed by atoms with van der Waals surface area (Å²) >= 11 is 3.97. The molecule has 0 fully saturated rings. The van der Waals surface area contributed by atoms with Crippen LogP contribution in [0.2, 0.25) is 0 Å². The van der Waals surface area contributed by atoms with Gasteiger partial charge in [0.05, 0.1) is 12.0 Å². The Hall–Kier alpha value is -4.37. The minimum absolute atomic E-state index is 0.0372. The highest BCUT2D eigenvalue weighted by Crippen LogP contribution is 2.30. The van der Waals surface area contributed by atoms with Crippen LogP contribution in [-0.4, -0.2) is 28.5 Å². The number of anilines is 2. The SMILES string of the molecule is O=C(CS)Nc1ccc(N(C(=O)c2ccco2)[C@@H](C(=O)NCc2ccccc2)c2cccnc2)cc1. The number of nitrogens with one attached hydrogen (secondary N) is 2. The summed E-state index contributed by atoms with van der Waals surface area (Å²) in [7, 11) is 0. The summed E-state index contributed by atoms with van der Waals surface area (Å²) in [5.74, 6) is -1.04. The molecule has 2 aromatic carbocycles. The van der Waals surface area contributed by atoms with E-state index < -0.39 is 11.9 Å². The van der Waals surface area contributed by atoms with Gasteiger partial charge in [0.25, 0.3) is 5.91 Å². The maximum Gasteiger partial charge on any atom is 0.294 e. The van der Waals surface area contributed by atoms with Crippen LogP contribution in [0, 0.1) is 0 Å². The van der Waals surface area contributed by atoms with Crippen molar-refractivity contribution in [3.8, 4) is 0 Å². The van der Waals surface area contributed by atoms with Crippen molar-refractivity contribution >= 4 is 41.7 Å². The van der Waals surface area contributed by atoms with E-state index in [1.807, 2.05) is 30.3 Å². The summed E-state index contributed by atoms with van der Waals surface area (Å²) in [5, 5.41) is 5.65. The highest BCUT2D eigenvalue weighted by Gasteiger charge is 2.34. The molecule has 4 aromatic rings. The smallest absolute Gasteiger partial charge is 0.294 e. The van der Waals surface area contributed by atoms with Gasteiger partial charge in [-0.3, -0.25) is 24.3 Å². The summed E-state index contributed by atoms with van der Waals surface area (Å²) in [6.45, 7) is 0.286. The molecular weight excluding hydrogens is 476 g/mol. The Balaban J connectivity index is 1.72. The highest BCUT2D eigenvalue weighted by atomic mass is 32.1. The van der Waals surface area contributed by atoms with Crippen molar-refractivity contribution in [2.45, 2.75) is 12.6 Å². The number of hydrogen-bond donors (Lipinski definition) is 3. The van der Waals surface area contributed by atoms with Crippen molar-refractivity contribution < 1.29 is 18.8 Å². The first-order valence-electron chi connectivity index (χ1n) is 11.2. The van der Waals surface area contributed by atoms with Gasteiger partial charge >= 0.3 is 0 Å². The van der Waals surface area contributed by atoms with E-state index in [9.17, 15) is 14.4 Å². The molecule has 2 heterocycles. The Morgan fingerprint density at radius 1 is 0.944 bits per heavy atom. The molecule has 0 bridgehead atoms. The van der Waals surface area contributed by atoms with Crippen molar-refractivity contribution in [1.82, 2.24) is 10.3 Å². The molecule has 2 N–H and O–H groups in total. The molecule has 0 saturated carbocycles. The van der Waals surface area contributed by atoms with E-state index in [1.165, 1.54) is 11.2 Å². The average molecular weight is 501 g/mol. The van der Waals surface area contributed by atoms with Crippen molar-refractivity contribution in [2.24, 2.45) is 0 Å². The number of hydrogen-bond acceptors (Lipinski definition) is 6. The fraction of sp³-hybridized carbons (Fsp3) is 0.111. The van der Waals surface area contributed by atoms with Crippen LogP contribution in [0.3, 0.4) is 0 Å². The lowest BCUT2D eigenvalue weighted by Gasteiger charge is -2.31. The van der Waals surface area contributed by atoms with E-state index in [-0.39, 0.29) is 29.9 Å². The highest BCUT2D eigenvalue weighted by molar-refractivity contribution is 7.81. The summed E-state index contributed by atoms with van der Waals surface area (Å²) in [6, 6.07) is 21.7. The van der Waals surface area contributed by atoms with Gasteiger partial charge in [0, 0.05) is 35.9 Å². The molecule has 9 heteroatoms. The van der Waals surface area contributed by atoms with Gasteiger partial charge in [-0.15, -0.1) is 0 Å². The zero-order chi connectivity index (χ0) is 25.3. The lowest BCUT2D eigenvalue weighted by atomic mass is 10.0. The molecule has 0 unspecified atom stereocenters. The van der Waals surface area contributed by atoms with Gasteiger partial charge in [-0.25, -0.2) is 0 Å². The summed E-state index contributed by atoms with van der Waals surface area (Å²) in [5.41, 5.74) is 2.41. The second-order valence-electron chi connectivity index (χ2n) is 7.80. The minimum atomic E-state index is -1.04. The number of aromatic nitrogens is 1. The molecule has 4 rings (SSSR count). The predicted octanol–water partition coefficient (Wildman–Crippen LogP) is 4.25. The number of furan rings is 1. The maximum atomic E-state index is 13.7. The van der Waals surface area contributed by atoms with Crippen molar-refractivity contribution in [2.75, 3.05) is 16.0 Å². The Labute approximate surface area is 213 Å². The zero-order valence-electron chi connectivity index (χ0n) is 19.2. The van der Waals surface area contributed by atoms with Gasteiger partial charge in [-0.05, 0) is 48.0 Å². The van der Waals surface area contributed by atoms with E-state index in [4.69, 9.17) is 4.42 Å². The van der Waals surface area contributed by atoms with Gasteiger partial charge in [-0.2, -0.15) is 12.6 Å². The van der Waals surface area contributed by atoms with Crippen LogP contribution in [0.4, 0.5) is 11.4 Å². The Morgan fingerprint density at radius 2 is 1.72 bits per heavy atom. The van der Waals surface area contributed by atoms with Crippen LogP contribution >= 0.6 is 12.6 Å². The van der Waals surface area contributed by atoms with Gasteiger partial charge < -0.3 is 15.1 Å². The van der Waals surface area contributed by atoms with Crippen LogP contribution in [0.25, 0.3) is 0 Å². The number of thiol groups is 1. The Morgan fingerprint density at radius 3 is 2.36 bits per heavy atom. The average Bonchev–Trinajstić information content (AvgIpc) is 3.47. The van der Waals surface area contributed by atoms with Crippen molar-refractivity contribution in [1.29, 1.82) is 0 Å². The van der Waals surface area contributed by atoms with Crippen LogP contribution in [0.15, 0.2) is 102 Å². The maximum absolute atomic E-state index is 13.7. The molecule has 2 aromatic heterocycles. The Bertz CT molecular complexity index is 1300. The molecule has 0 radical (unpaired) electrons. The second kappa shape index (κ2) is 11.9. The topological polar surface area (TPSA) is 105 Å². The van der Waals surface area contributed by atoms with Crippen LogP contribution in [0.5, 0.6) is 0 Å². The third kappa shape index (κ3) is 6.00. The first-order valence-corrected chi connectivity index (χ1v) is 11.8. The van der Waals surface area contributed by atoms with Crippen molar-refractivity contribution in [3.05, 3.63) is 114 Å². The van der Waals surface area contributed by atoms with Crippen LogP contribution < -0.4 is 15.5 Å². The number of carbonyl (C=O) groups excluding carboxylic acids is 3. The van der Waals surface area contributed by atoms with E-state index in [0.29, 0.717) is 16.9 Å². The third-order valence-corrected chi connectivity index (χ3v) is 5.63. The van der Waals surface area contributed by atoms with Crippen LogP contribution in [-0.2, 0) is 16.1 Å². The molecule has 3 amide bonds. The quantitative estimate of drug-likeness (QED) is 0.298. The first-order chi connectivity index (χ1) is 17.6. The molecule has 1 atom stereocenters. The van der Waals surface area contributed by atoms with E-state index in [0.717, 1.165) is 5.56 Å². The van der Waals surface area contributed by atoms with E-state index in [1.54, 1.807) is 60.9 Å². The fourth-order valence-corrected chi connectivity index (χ4v) is 3.72. The molecule has 0 aliphatic heterocycles. The number of amides is 3. The number of pyridine rings is 1. The summed E-state index contributed by atoms with van der Waals surface area (Å²) < 4.78 is 5.38. The fourth-order valence-electron chi connectivity index (χ4n) is 3.65. The summed E-state index contributed by atoms with van der Waals surface area (Å²) in [4.78, 5) is 44.5. The largest absolute Gasteiger partial charge is 0.459 e. The van der Waals surface area contributed by atoms with Gasteiger partial charge in [0.15, 0.2) is 5.76 Å². The molecule has 36 heavy (non-hydrogen) atoms. The molecule has 0 aliphatic carbocycles. The monoisotopic (exact) mass is 500 g/mol. The molecular formula is C27H24N4O4S. The standard InChI is InChI=1S/C27H24N4O4S/c32-24(18-36)30-21-10-12-22(13-11-21)31(27(34)23-9-5-15-35-23)25(20-8-4-14-28-17-20)26(33)29-16-19-6-2-1-3-7-19/h1-15,17,25,36H,16,18H2,(H,29,33)(H,30,32)/t25-/m1/s1. The Kier molecular flexibility index (Phi) is 8.15.